The van der Waals surface area contributed by atoms with Crippen LogP contribution in [0.15, 0.2) is 12.2 Å². The molecule has 42 heavy (non-hydrogen) atoms. The first kappa shape index (κ1) is 31.6. The molecule has 236 valence electrons. The van der Waals surface area contributed by atoms with Crippen LogP contribution in [-0.2, 0) is 19.1 Å². The van der Waals surface area contributed by atoms with E-state index in [0.717, 1.165) is 69.8 Å². The van der Waals surface area contributed by atoms with Crippen molar-refractivity contribution in [2.24, 2.45) is 62.1 Å². The minimum absolute atomic E-state index is 0.0847. The number of fused-ring (bicyclic) bond motifs is 7. The molecular weight excluding hydrogens is 528 g/mol. The molecule has 0 aliphatic heterocycles. The molecule has 3 unspecified atom stereocenters. The molecular formula is C36H56O6. The van der Waals surface area contributed by atoms with Gasteiger partial charge in [0.05, 0.1) is 17.3 Å². The number of hydrogen-bond donors (Lipinski definition) is 2. The number of carboxylic acids is 2. The molecule has 5 fully saturated rings. The minimum atomic E-state index is -1.15. The summed E-state index contributed by atoms with van der Waals surface area (Å²) in [6.45, 7) is 21.7. The van der Waals surface area contributed by atoms with Gasteiger partial charge in [0.25, 0.3) is 0 Å². The maximum atomic E-state index is 12.9. The smallest absolute Gasteiger partial charge is 0.309 e. The summed E-state index contributed by atoms with van der Waals surface area (Å²) in [6.07, 6.45) is 9.38. The fraction of sp³-hybridized carbons (Fsp3) is 0.861. The first-order chi connectivity index (χ1) is 19.3. The number of esters is 1. The Morgan fingerprint density at radius 2 is 1.50 bits per heavy atom. The van der Waals surface area contributed by atoms with Crippen LogP contribution < -0.4 is 0 Å². The van der Waals surface area contributed by atoms with Gasteiger partial charge in [0.2, 0.25) is 0 Å². The van der Waals surface area contributed by atoms with Crippen molar-refractivity contribution in [1.29, 1.82) is 0 Å². The van der Waals surface area contributed by atoms with Gasteiger partial charge >= 0.3 is 17.9 Å². The maximum Gasteiger partial charge on any atom is 0.309 e. The Balaban J connectivity index is 1.42. The summed E-state index contributed by atoms with van der Waals surface area (Å²) < 4.78 is 6.10. The van der Waals surface area contributed by atoms with Gasteiger partial charge in [0, 0.05) is 5.41 Å². The van der Waals surface area contributed by atoms with Crippen molar-refractivity contribution in [2.75, 3.05) is 0 Å². The van der Waals surface area contributed by atoms with Crippen molar-refractivity contribution in [1.82, 2.24) is 0 Å². The molecule has 6 heteroatoms. The molecule has 0 saturated heterocycles. The van der Waals surface area contributed by atoms with E-state index < -0.39 is 28.7 Å². The second kappa shape index (κ2) is 9.83. The molecule has 0 amide bonds. The molecule has 5 saturated carbocycles. The van der Waals surface area contributed by atoms with Gasteiger partial charge in [0.1, 0.15) is 6.10 Å². The summed E-state index contributed by atoms with van der Waals surface area (Å²) in [5.74, 6) is -0.165. The zero-order valence-corrected chi connectivity index (χ0v) is 27.5. The van der Waals surface area contributed by atoms with Crippen LogP contribution >= 0.6 is 0 Å². The van der Waals surface area contributed by atoms with Crippen molar-refractivity contribution < 1.29 is 29.3 Å². The number of carbonyl (C=O) groups is 3. The van der Waals surface area contributed by atoms with Crippen LogP contribution in [0.5, 0.6) is 0 Å². The van der Waals surface area contributed by atoms with Crippen molar-refractivity contribution in [2.45, 2.75) is 132 Å². The van der Waals surface area contributed by atoms with Crippen LogP contribution in [0.3, 0.4) is 0 Å². The Kier molecular flexibility index (Phi) is 7.39. The van der Waals surface area contributed by atoms with Gasteiger partial charge in [-0.05, 0) is 131 Å². The van der Waals surface area contributed by atoms with E-state index in [4.69, 9.17) is 4.74 Å². The quantitative estimate of drug-likeness (QED) is 0.241. The van der Waals surface area contributed by atoms with Gasteiger partial charge in [-0.25, -0.2) is 0 Å². The summed E-state index contributed by atoms with van der Waals surface area (Å²) in [6, 6.07) is 0. The number of allylic oxidation sites excluding steroid dienone is 1. The van der Waals surface area contributed by atoms with E-state index in [9.17, 15) is 24.6 Å². The molecule has 0 aromatic heterocycles. The maximum absolute atomic E-state index is 12.9. The molecule has 5 aliphatic rings. The second-order valence-electron chi connectivity index (χ2n) is 17.4. The standard InChI is InChI=1S/C36H56O6/c1-21(2)22-12-17-36(30(40)41)19-18-34(8)23(28(22)36)10-11-25-33(7)15-14-26(42-27(37)20-31(3,4)29(38)39)32(5,6)24(33)13-16-35(25,34)9/h22-26,28H,1,10-20H2,2-9H3,(H,38,39)(H,40,41)/t22?,23-,24+,25?,26?,28-,33+,34-,35-,36+/m1/s1. The summed E-state index contributed by atoms with van der Waals surface area (Å²) in [7, 11) is 0. The molecule has 10 atom stereocenters. The lowest BCUT2D eigenvalue weighted by molar-refractivity contribution is -0.250. The van der Waals surface area contributed by atoms with Gasteiger partial charge in [-0.1, -0.05) is 46.8 Å². The largest absolute Gasteiger partial charge is 0.481 e. The van der Waals surface area contributed by atoms with Crippen LogP contribution in [-0.4, -0.2) is 34.2 Å². The predicted molar refractivity (Wildman–Crippen MR) is 163 cm³/mol. The number of rotatable bonds is 6. The summed E-state index contributed by atoms with van der Waals surface area (Å²) in [4.78, 5) is 37.5. The second-order valence-corrected chi connectivity index (χ2v) is 17.4. The van der Waals surface area contributed by atoms with Crippen molar-refractivity contribution >= 4 is 17.9 Å². The van der Waals surface area contributed by atoms with Gasteiger partial charge in [-0.2, -0.15) is 0 Å². The number of hydrogen-bond acceptors (Lipinski definition) is 4. The lowest BCUT2D eigenvalue weighted by Crippen LogP contribution is -2.67. The van der Waals surface area contributed by atoms with E-state index in [2.05, 4.69) is 48.1 Å². The van der Waals surface area contributed by atoms with E-state index in [1.54, 1.807) is 13.8 Å². The van der Waals surface area contributed by atoms with Crippen molar-refractivity contribution in [3.63, 3.8) is 0 Å². The third-order valence-electron chi connectivity index (χ3n) is 14.9. The molecule has 0 heterocycles. The highest BCUT2D eigenvalue weighted by atomic mass is 16.5. The highest BCUT2D eigenvalue weighted by Crippen LogP contribution is 2.77. The predicted octanol–water partition coefficient (Wildman–Crippen LogP) is 8.14. The summed E-state index contributed by atoms with van der Waals surface area (Å²) >= 11 is 0. The van der Waals surface area contributed by atoms with Crippen LogP contribution in [0.25, 0.3) is 0 Å². The zero-order chi connectivity index (χ0) is 31.3. The molecule has 0 bridgehead atoms. The normalized spacial score (nSPS) is 45.9. The summed E-state index contributed by atoms with van der Waals surface area (Å²) in [5.41, 5.74) is -0.477. The lowest BCUT2D eigenvalue weighted by Gasteiger charge is -2.72. The van der Waals surface area contributed by atoms with E-state index in [1.807, 2.05) is 0 Å². The Labute approximate surface area is 253 Å². The summed E-state index contributed by atoms with van der Waals surface area (Å²) in [5, 5.41) is 20.1. The molecule has 5 rings (SSSR count). The first-order valence-electron chi connectivity index (χ1n) is 16.6. The molecule has 0 spiro atoms. The first-order valence-corrected chi connectivity index (χ1v) is 16.6. The Bertz CT molecular complexity index is 1170. The highest BCUT2D eigenvalue weighted by Gasteiger charge is 2.72. The average molecular weight is 585 g/mol. The van der Waals surface area contributed by atoms with Gasteiger partial charge in [-0.15, -0.1) is 0 Å². The number of ether oxygens (including phenoxy) is 1. The van der Waals surface area contributed by atoms with E-state index in [1.165, 1.54) is 0 Å². The van der Waals surface area contributed by atoms with Crippen LogP contribution in [0.2, 0.25) is 0 Å². The van der Waals surface area contributed by atoms with Crippen LogP contribution in [0, 0.1) is 62.1 Å². The van der Waals surface area contributed by atoms with Gasteiger partial charge < -0.3 is 14.9 Å². The number of aliphatic carboxylic acids is 2. The number of carbonyl (C=O) groups excluding carboxylic acids is 1. The Hall–Kier alpha value is -1.85. The third kappa shape index (κ3) is 4.19. The van der Waals surface area contributed by atoms with Gasteiger partial charge in [-0.3, -0.25) is 14.4 Å². The Morgan fingerprint density at radius 3 is 2.10 bits per heavy atom. The van der Waals surface area contributed by atoms with Crippen molar-refractivity contribution in [3.05, 3.63) is 12.2 Å². The van der Waals surface area contributed by atoms with E-state index in [0.29, 0.717) is 23.7 Å². The van der Waals surface area contributed by atoms with E-state index in [-0.39, 0.29) is 40.1 Å². The topological polar surface area (TPSA) is 101 Å². The molecule has 2 N–H and O–H groups in total. The third-order valence-corrected chi connectivity index (χ3v) is 14.9. The molecule has 0 aromatic rings. The molecule has 5 aliphatic carbocycles. The Morgan fingerprint density at radius 1 is 0.833 bits per heavy atom. The molecule has 0 radical (unpaired) electrons. The fourth-order valence-electron chi connectivity index (χ4n) is 12.3. The van der Waals surface area contributed by atoms with Crippen LogP contribution in [0.4, 0.5) is 0 Å². The van der Waals surface area contributed by atoms with Crippen molar-refractivity contribution in [3.8, 4) is 0 Å². The molecule has 6 nitrogen and oxygen atoms in total. The molecule has 0 aromatic carbocycles. The minimum Gasteiger partial charge on any atom is -0.481 e. The monoisotopic (exact) mass is 584 g/mol. The fourth-order valence-corrected chi connectivity index (χ4v) is 12.3. The van der Waals surface area contributed by atoms with E-state index >= 15 is 0 Å². The average Bonchev–Trinajstić information content (AvgIpc) is 3.27. The highest BCUT2D eigenvalue weighted by molar-refractivity contribution is 5.81. The SMILES string of the molecule is C=C(C)C1CC[C@]2(C(=O)O)CC[C@]3(C)[C@H](CCC4[C@@]5(C)CCC(OC(=O)CC(C)(C)C(=O)O)C(C)(C)[C@@H]5CC[C@]43C)[C@@H]12. The zero-order valence-electron chi connectivity index (χ0n) is 27.5. The van der Waals surface area contributed by atoms with Gasteiger partial charge in [0.15, 0.2) is 0 Å². The van der Waals surface area contributed by atoms with Crippen LogP contribution in [0.1, 0.15) is 126 Å². The number of carboxylic acid groups (broad SMARTS) is 2. The lowest BCUT2D eigenvalue weighted by atomic mass is 9.32.